The third kappa shape index (κ3) is 7.91. The molecule has 0 aliphatic rings. The second-order valence-electron chi connectivity index (χ2n) is 16.2. The molecule has 0 spiro atoms. The summed E-state index contributed by atoms with van der Waals surface area (Å²) in [6.07, 6.45) is 8.51. The molecule has 61 heavy (non-hydrogen) atoms. The molecule has 0 saturated heterocycles. The van der Waals surface area contributed by atoms with Crippen LogP contribution >= 0.6 is 0 Å². The summed E-state index contributed by atoms with van der Waals surface area (Å²) in [5.41, 5.74) is 22.4. The molecule has 0 aliphatic heterocycles. The number of rotatable bonds is 9. The molecular formula is C58H50N2O+2. The van der Waals surface area contributed by atoms with Crippen LogP contribution in [0.2, 0.25) is 0 Å². The van der Waals surface area contributed by atoms with Crippen molar-refractivity contribution in [1.82, 2.24) is 0 Å². The lowest BCUT2D eigenvalue weighted by Crippen LogP contribution is -2.26. The number of aromatic nitrogens is 2. The molecule has 3 nitrogen and oxygen atoms in total. The first-order chi connectivity index (χ1) is 29.7. The van der Waals surface area contributed by atoms with E-state index in [2.05, 4.69) is 239 Å². The Morgan fingerprint density at radius 2 is 0.541 bits per heavy atom. The molecule has 0 aliphatic carbocycles. The maximum Gasteiger partial charge on any atom is 0.176 e. The minimum Gasteiger partial charge on any atom is -0.497 e. The van der Waals surface area contributed by atoms with E-state index in [1.165, 1.54) is 72.3 Å². The molecule has 0 saturated carbocycles. The van der Waals surface area contributed by atoms with E-state index in [1.807, 2.05) is 0 Å². The van der Waals surface area contributed by atoms with Gasteiger partial charge in [0.1, 0.15) is 19.8 Å². The number of ether oxygens (including phenoxy) is 1. The number of hydrogen-bond donors (Lipinski definition) is 0. The van der Waals surface area contributed by atoms with E-state index >= 15 is 0 Å². The highest BCUT2D eigenvalue weighted by Crippen LogP contribution is 2.56. The van der Waals surface area contributed by atoms with Crippen LogP contribution in [-0.2, 0) is 14.1 Å². The number of hydrogen-bond acceptors (Lipinski definition) is 1. The molecule has 0 atom stereocenters. The fourth-order valence-corrected chi connectivity index (χ4v) is 8.58. The normalized spacial score (nSPS) is 11.1. The van der Waals surface area contributed by atoms with Gasteiger partial charge in [-0.15, -0.1) is 0 Å². The standard InChI is InChI=1S/C58H50N2O/c1-39-11-17-44(18-12-39)53-56(47-27-23-42(24-28-47)50-9-7-35-59(4)37-50)54(45-19-13-40(2)14-20-45)58(49-31-33-52(61-6)34-32-49)55(46-21-15-41(3)16-22-46)57(53)48-29-25-43(26-30-48)51-10-8-36-60(5)38-51/h7-38H,1-6H3/q+2. The topological polar surface area (TPSA) is 17.0 Å². The second kappa shape index (κ2) is 16.7. The Morgan fingerprint density at radius 1 is 0.295 bits per heavy atom. The molecule has 0 unspecified atom stereocenters. The van der Waals surface area contributed by atoms with Crippen LogP contribution in [0, 0.1) is 20.8 Å². The largest absolute Gasteiger partial charge is 0.497 e. The molecule has 0 amide bonds. The van der Waals surface area contributed by atoms with Crippen LogP contribution in [0.15, 0.2) is 195 Å². The summed E-state index contributed by atoms with van der Waals surface area (Å²) in [5.74, 6) is 0.823. The maximum absolute atomic E-state index is 5.74. The number of nitrogens with zero attached hydrogens (tertiary/aromatic N) is 2. The van der Waals surface area contributed by atoms with E-state index in [0.29, 0.717) is 0 Å². The van der Waals surface area contributed by atoms with E-state index in [1.54, 1.807) is 7.11 Å². The van der Waals surface area contributed by atoms with Gasteiger partial charge >= 0.3 is 0 Å². The number of benzene rings is 7. The quantitative estimate of drug-likeness (QED) is 0.133. The average molecular weight is 791 g/mol. The Hall–Kier alpha value is -7.36. The summed E-state index contributed by atoms with van der Waals surface area (Å²) in [6.45, 7) is 6.49. The van der Waals surface area contributed by atoms with Crippen LogP contribution in [0.3, 0.4) is 0 Å². The van der Waals surface area contributed by atoms with Crippen molar-refractivity contribution in [1.29, 1.82) is 0 Å². The molecule has 0 radical (unpaired) electrons. The van der Waals surface area contributed by atoms with Gasteiger partial charge in [-0.1, -0.05) is 150 Å². The molecule has 9 rings (SSSR count). The molecule has 0 N–H and O–H groups in total. The van der Waals surface area contributed by atoms with Crippen molar-refractivity contribution in [3.63, 3.8) is 0 Å². The number of aryl methyl sites for hydroxylation is 5. The van der Waals surface area contributed by atoms with Crippen LogP contribution in [0.1, 0.15) is 16.7 Å². The van der Waals surface area contributed by atoms with Gasteiger partial charge < -0.3 is 4.74 Å². The summed E-state index contributed by atoms with van der Waals surface area (Å²) in [7, 11) is 5.88. The fourth-order valence-electron chi connectivity index (χ4n) is 8.58. The molecule has 0 fully saturated rings. The highest BCUT2D eigenvalue weighted by Gasteiger charge is 2.29. The molecule has 2 heterocycles. The Bertz CT molecular complexity index is 2820. The van der Waals surface area contributed by atoms with Crippen LogP contribution < -0.4 is 13.9 Å². The van der Waals surface area contributed by atoms with Crippen molar-refractivity contribution < 1.29 is 13.9 Å². The summed E-state index contributed by atoms with van der Waals surface area (Å²) in [6, 6.07) is 62.8. The van der Waals surface area contributed by atoms with Gasteiger partial charge in [-0.2, -0.15) is 0 Å². The lowest BCUT2D eigenvalue weighted by atomic mass is 9.74. The zero-order valence-electron chi connectivity index (χ0n) is 35.8. The van der Waals surface area contributed by atoms with E-state index in [4.69, 9.17) is 4.74 Å². The van der Waals surface area contributed by atoms with Gasteiger partial charge in [-0.3, -0.25) is 0 Å². The Balaban J connectivity index is 1.48. The Labute approximate surface area is 360 Å². The highest BCUT2D eigenvalue weighted by molar-refractivity contribution is 6.15. The summed E-state index contributed by atoms with van der Waals surface area (Å²) >= 11 is 0. The van der Waals surface area contributed by atoms with E-state index in [-0.39, 0.29) is 0 Å². The SMILES string of the molecule is COc1ccc(-c2c(-c3ccc(C)cc3)c(-c3ccc(-c4ccc[n+](C)c4)cc3)c(-c3ccc(C)cc3)c(-c3ccc(-c4ccc[n+](C)c4)cc3)c2-c2ccc(C)cc2)cc1. The van der Waals surface area contributed by atoms with Gasteiger partial charge in [-0.25, -0.2) is 9.13 Å². The van der Waals surface area contributed by atoms with Gasteiger partial charge in [0.25, 0.3) is 0 Å². The first kappa shape index (κ1) is 39.1. The first-order valence-corrected chi connectivity index (χ1v) is 21.0. The number of methoxy groups -OCH3 is 1. The van der Waals surface area contributed by atoms with E-state index in [0.717, 1.165) is 39.1 Å². The minimum absolute atomic E-state index is 0.823. The zero-order chi connectivity index (χ0) is 42.0. The second-order valence-corrected chi connectivity index (χ2v) is 16.2. The first-order valence-electron chi connectivity index (χ1n) is 21.0. The monoisotopic (exact) mass is 790 g/mol. The minimum atomic E-state index is 0.823. The van der Waals surface area contributed by atoms with Crippen LogP contribution in [-0.4, -0.2) is 7.11 Å². The van der Waals surface area contributed by atoms with Crippen molar-refractivity contribution in [2.24, 2.45) is 14.1 Å². The zero-order valence-corrected chi connectivity index (χ0v) is 35.8. The summed E-state index contributed by atoms with van der Waals surface area (Å²) < 4.78 is 9.95. The highest BCUT2D eigenvalue weighted by atomic mass is 16.5. The van der Waals surface area contributed by atoms with E-state index in [9.17, 15) is 0 Å². The molecule has 9 aromatic rings. The van der Waals surface area contributed by atoms with Gasteiger partial charge in [-0.05, 0) is 123 Å². The summed E-state index contributed by atoms with van der Waals surface area (Å²) in [4.78, 5) is 0. The van der Waals surface area contributed by atoms with Crippen molar-refractivity contribution in [2.75, 3.05) is 7.11 Å². The Kier molecular flexibility index (Phi) is 10.7. The van der Waals surface area contributed by atoms with Gasteiger partial charge in [0, 0.05) is 23.3 Å². The lowest BCUT2D eigenvalue weighted by molar-refractivity contribution is -0.671. The van der Waals surface area contributed by atoms with Gasteiger partial charge in [0.15, 0.2) is 24.8 Å². The maximum atomic E-state index is 5.74. The van der Waals surface area contributed by atoms with Crippen LogP contribution in [0.5, 0.6) is 5.75 Å². The summed E-state index contributed by atoms with van der Waals surface area (Å²) in [5, 5.41) is 0. The average Bonchev–Trinajstić information content (AvgIpc) is 3.29. The molecule has 2 aromatic heterocycles. The molecular weight excluding hydrogens is 741 g/mol. The third-order valence-electron chi connectivity index (χ3n) is 11.8. The third-order valence-corrected chi connectivity index (χ3v) is 11.8. The van der Waals surface area contributed by atoms with E-state index < -0.39 is 0 Å². The molecule has 7 aromatic carbocycles. The smallest absolute Gasteiger partial charge is 0.176 e. The van der Waals surface area contributed by atoms with Gasteiger partial charge in [0.2, 0.25) is 0 Å². The van der Waals surface area contributed by atoms with Crippen molar-refractivity contribution >= 4 is 0 Å². The van der Waals surface area contributed by atoms with Gasteiger partial charge in [0.05, 0.1) is 7.11 Å². The molecule has 3 heteroatoms. The van der Waals surface area contributed by atoms with Crippen LogP contribution in [0.25, 0.3) is 89.0 Å². The predicted octanol–water partition coefficient (Wildman–Crippen LogP) is 13.6. The van der Waals surface area contributed by atoms with Crippen molar-refractivity contribution in [3.8, 4) is 94.8 Å². The van der Waals surface area contributed by atoms with Crippen molar-refractivity contribution in [2.45, 2.75) is 20.8 Å². The van der Waals surface area contributed by atoms with Crippen LogP contribution in [0.4, 0.5) is 0 Å². The molecule has 0 bridgehead atoms. The predicted molar refractivity (Wildman–Crippen MR) is 253 cm³/mol. The molecule has 296 valence electrons. The Morgan fingerprint density at radius 3 is 0.803 bits per heavy atom. The number of pyridine rings is 2. The fraction of sp³-hybridized carbons (Fsp3) is 0.103. The van der Waals surface area contributed by atoms with Crippen molar-refractivity contribution in [3.05, 3.63) is 211 Å². The lowest BCUT2D eigenvalue weighted by Gasteiger charge is -2.29.